The van der Waals surface area contributed by atoms with Gasteiger partial charge >= 0.3 is 0 Å². The van der Waals surface area contributed by atoms with Crippen molar-refractivity contribution in [2.24, 2.45) is 17.0 Å². The van der Waals surface area contributed by atoms with Crippen LogP contribution in [-0.2, 0) is 65.8 Å². The van der Waals surface area contributed by atoms with E-state index >= 15 is 0 Å². The van der Waals surface area contributed by atoms with Gasteiger partial charge in [0, 0.05) is 26.2 Å². The molecule has 3 aromatic heterocycles. The highest BCUT2D eigenvalue weighted by Gasteiger charge is 2.41. The van der Waals surface area contributed by atoms with Crippen molar-refractivity contribution in [1.82, 2.24) is 30.0 Å². The molecule has 13 nitrogen and oxygen atoms in total. The number of hydrogen-bond acceptors (Lipinski definition) is 8. The summed E-state index contributed by atoms with van der Waals surface area (Å²) >= 11 is 0. The van der Waals surface area contributed by atoms with Gasteiger partial charge in [0.2, 0.25) is 11.8 Å². The minimum absolute atomic E-state index is 0.0157. The Balaban J connectivity index is 0.672. The van der Waals surface area contributed by atoms with Crippen molar-refractivity contribution in [2.75, 3.05) is 13.1 Å². The topological polar surface area (TPSA) is 149 Å². The molecule has 0 amide bonds. The summed E-state index contributed by atoms with van der Waals surface area (Å²) in [5, 5.41) is 39.8. The van der Waals surface area contributed by atoms with Crippen LogP contribution in [0.25, 0.3) is 0 Å². The molecule has 0 fully saturated rings. The molecule has 99 heavy (non-hydrogen) atoms. The number of aliphatic hydroxyl groups is 2. The molecule has 11 rings (SSSR count). The molecule has 2 N–H and O–H groups in total. The van der Waals surface area contributed by atoms with E-state index < -0.39 is 10.8 Å². The van der Waals surface area contributed by atoms with Crippen LogP contribution in [-0.4, -0.2) is 65.1 Å². The Kier molecular flexibility index (Phi) is 20.8. The van der Waals surface area contributed by atoms with Gasteiger partial charge in [0.05, 0.1) is 23.2 Å². The summed E-state index contributed by atoms with van der Waals surface area (Å²) < 4.78 is 18.0. The Hall–Kier alpha value is -10.3. The average Bonchev–Trinajstić information content (AvgIpc) is 0.785. The van der Waals surface area contributed by atoms with Gasteiger partial charge in [-0.3, -0.25) is 19.3 Å². The van der Waals surface area contributed by atoms with E-state index in [0.717, 1.165) is 22.6 Å². The minimum Gasteiger partial charge on any atom is -0.493 e. The number of ether oxygens (including phenoxy) is 2. The van der Waals surface area contributed by atoms with Crippen molar-refractivity contribution in [3.05, 3.63) is 326 Å². The summed E-state index contributed by atoms with van der Waals surface area (Å²) in [4.78, 5) is 8.94. The number of aliphatic imine (C=N–C) groups is 2. The predicted molar refractivity (Wildman–Crippen MR) is 398 cm³/mol. The van der Waals surface area contributed by atoms with E-state index in [1.807, 2.05) is 43.7 Å². The van der Waals surface area contributed by atoms with Crippen molar-refractivity contribution >= 4 is 11.8 Å². The van der Waals surface area contributed by atoms with Crippen molar-refractivity contribution in [3.63, 3.8) is 0 Å². The maximum Gasteiger partial charge on any atom is 0.219 e. The number of aryl methyl sites for hydroxylation is 3. The van der Waals surface area contributed by atoms with Gasteiger partial charge in [-0.2, -0.15) is 0 Å². The van der Waals surface area contributed by atoms with Gasteiger partial charge in [0.25, 0.3) is 0 Å². The van der Waals surface area contributed by atoms with E-state index in [-0.39, 0.29) is 46.7 Å². The molecule has 0 atom stereocenters. The minimum atomic E-state index is -0.606. The Bertz CT molecular complexity index is 4110. The van der Waals surface area contributed by atoms with E-state index in [1.165, 1.54) is 55.6 Å². The van der Waals surface area contributed by atoms with Crippen LogP contribution in [0.1, 0.15) is 185 Å². The third kappa shape index (κ3) is 16.2. The maximum atomic E-state index is 11.1. The molecule has 0 saturated heterocycles. The fraction of sp³-hybridized carbons (Fsp3) is 0.314. The lowest BCUT2D eigenvalue weighted by atomic mass is 9.64. The van der Waals surface area contributed by atoms with Gasteiger partial charge < -0.3 is 19.7 Å². The summed E-state index contributed by atoms with van der Waals surface area (Å²) in [6, 6.07) is 76.8. The SMILES string of the molecule is C[n+]1cc(C(O)=NCCCn2cc(COc3ccc(C(c4ccccc4)(c4ccc(C(C)(C)C)cc4)c4ccc(C(C)(C)C)cc4)cc3)nn2)cc(C(O)=NCCCn2cc(COc3ccc(C(c4ccccc4)(c4ccc(C(C)(C)C)cc4)c4ccc(C(C)(C)C)cc4)cc3)nn2)c1. The second-order valence-corrected chi connectivity index (χ2v) is 30.2. The fourth-order valence-corrected chi connectivity index (χ4v) is 13.2. The number of aliphatic hydroxyl groups excluding tert-OH is 2. The highest BCUT2D eigenvalue weighted by molar-refractivity contribution is 5.97. The Morgan fingerprint density at radius 3 is 0.919 bits per heavy atom. The van der Waals surface area contributed by atoms with E-state index in [1.54, 1.807) is 32.4 Å². The largest absolute Gasteiger partial charge is 0.493 e. The van der Waals surface area contributed by atoms with Gasteiger partial charge in [0.15, 0.2) is 12.4 Å². The first-order chi connectivity index (χ1) is 47.3. The number of pyridine rings is 1. The first-order valence-electron chi connectivity index (χ1n) is 34.6. The number of aromatic nitrogens is 7. The van der Waals surface area contributed by atoms with Crippen molar-refractivity contribution in [3.8, 4) is 11.5 Å². The Morgan fingerprint density at radius 2 is 0.636 bits per heavy atom. The second-order valence-electron chi connectivity index (χ2n) is 30.2. The van der Waals surface area contributed by atoms with Gasteiger partial charge in [-0.05, 0) is 132 Å². The predicted octanol–water partition coefficient (Wildman–Crippen LogP) is 17.6. The molecule has 508 valence electrons. The number of hydrogen-bond donors (Lipinski definition) is 2. The van der Waals surface area contributed by atoms with E-state index in [9.17, 15) is 10.2 Å². The summed E-state index contributed by atoms with van der Waals surface area (Å²) in [5.41, 5.74) is 15.6. The quantitative estimate of drug-likeness (QED) is 0.0200. The second kappa shape index (κ2) is 29.4. The van der Waals surface area contributed by atoms with Crippen LogP contribution < -0.4 is 14.0 Å². The maximum absolute atomic E-state index is 11.1. The van der Waals surface area contributed by atoms with Gasteiger partial charge in [-0.1, -0.05) is 276 Å². The van der Waals surface area contributed by atoms with Crippen LogP contribution in [0.3, 0.4) is 0 Å². The zero-order chi connectivity index (χ0) is 70.2. The standard InChI is InChI=1S/C86H95N9O4/c1-81(2,3)63-26-34-69(35-27-63)85(67-22-16-14-17-23-67,70-36-28-64(29-37-70)82(4,5)6)73-42-46-77(47-43-73)98-59-75-57-94(91-89-75)52-20-50-87-79(96)61-54-62(56-93(13)55-61)80(97)88-51-21-53-95-58-76(90-92-95)60-99-78-48-44-74(45-49-78)86(68-24-18-15-19-25-68,71-38-30-65(31-39-71)83(7,8)9)72-40-32-66(33-41-72)84(10,11)12/h14-19,22-49,54-58H,20-21,50-53,59-60H2,1-13H3,(H-,87,88,96,97)/p+1. The van der Waals surface area contributed by atoms with Crippen LogP contribution in [0.2, 0.25) is 0 Å². The Morgan fingerprint density at radius 1 is 0.374 bits per heavy atom. The van der Waals surface area contributed by atoms with Crippen molar-refractivity contribution in [1.29, 1.82) is 0 Å². The molecule has 0 bridgehead atoms. The summed E-state index contributed by atoms with van der Waals surface area (Å²) in [7, 11) is 1.83. The molecule has 13 heteroatoms. The van der Waals surface area contributed by atoms with E-state index in [4.69, 9.17) is 9.47 Å². The van der Waals surface area contributed by atoms with Gasteiger partial charge in [-0.15, -0.1) is 10.2 Å². The molecular weight excluding hydrogens is 1220 g/mol. The summed E-state index contributed by atoms with van der Waals surface area (Å²) in [6.07, 6.45) is 8.46. The average molecular weight is 1320 g/mol. The Labute approximate surface area is 585 Å². The number of nitrogens with zero attached hydrogens (tertiary/aromatic N) is 9. The van der Waals surface area contributed by atoms with Crippen LogP contribution >= 0.6 is 0 Å². The van der Waals surface area contributed by atoms with Crippen LogP contribution in [0, 0.1) is 0 Å². The fourth-order valence-electron chi connectivity index (χ4n) is 13.2. The van der Waals surface area contributed by atoms with Crippen LogP contribution in [0.15, 0.2) is 247 Å². The lowest BCUT2D eigenvalue weighted by Crippen LogP contribution is -2.31. The van der Waals surface area contributed by atoms with Crippen LogP contribution in [0.5, 0.6) is 11.5 Å². The van der Waals surface area contributed by atoms with Crippen molar-refractivity contribution < 1.29 is 24.3 Å². The highest BCUT2D eigenvalue weighted by atomic mass is 16.5. The highest BCUT2D eigenvalue weighted by Crippen LogP contribution is 2.48. The molecule has 0 spiro atoms. The first kappa shape index (κ1) is 70.1. The van der Waals surface area contributed by atoms with Crippen LogP contribution in [0.4, 0.5) is 0 Å². The van der Waals surface area contributed by atoms with E-state index in [2.05, 4.69) is 296 Å². The molecule has 0 unspecified atom stereocenters. The molecule has 0 aliphatic rings. The molecule has 8 aromatic carbocycles. The van der Waals surface area contributed by atoms with Crippen molar-refractivity contribution in [2.45, 2.75) is 155 Å². The summed E-state index contributed by atoms with van der Waals surface area (Å²) in [6.45, 7) is 29.3. The first-order valence-corrected chi connectivity index (χ1v) is 34.6. The summed E-state index contributed by atoms with van der Waals surface area (Å²) in [5.74, 6) is 1.17. The molecule has 0 aliphatic heterocycles. The lowest BCUT2D eigenvalue weighted by molar-refractivity contribution is -0.671. The zero-order valence-corrected chi connectivity index (χ0v) is 59.9. The molecule has 0 radical (unpaired) electrons. The van der Waals surface area contributed by atoms with Gasteiger partial charge in [-0.25, -0.2) is 4.57 Å². The normalized spacial score (nSPS) is 12.8. The van der Waals surface area contributed by atoms with Gasteiger partial charge in [0.1, 0.15) is 54.3 Å². The molecule has 0 aliphatic carbocycles. The zero-order valence-electron chi connectivity index (χ0n) is 59.9. The monoisotopic (exact) mass is 1320 g/mol. The molecule has 3 heterocycles. The number of benzene rings is 8. The molecule has 0 saturated carbocycles. The number of rotatable bonds is 24. The van der Waals surface area contributed by atoms with E-state index in [0.29, 0.717) is 61.5 Å². The smallest absolute Gasteiger partial charge is 0.219 e. The third-order valence-corrected chi connectivity index (χ3v) is 18.8. The lowest BCUT2D eigenvalue weighted by Gasteiger charge is -2.37. The third-order valence-electron chi connectivity index (χ3n) is 18.8. The molecule has 11 aromatic rings. The molecular formula is C86H96N9O4+.